The van der Waals surface area contributed by atoms with Crippen LogP contribution in [-0.2, 0) is 6.42 Å². The van der Waals surface area contributed by atoms with Crippen LogP contribution >= 0.6 is 11.3 Å². The maximum absolute atomic E-state index is 12.1. The maximum atomic E-state index is 12.1. The van der Waals surface area contributed by atoms with Crippen molar-refractivity contribution in [2.45, 2.75) is 39.7 Å². The Labute approximate surface area is 118 Å². The Morgan fingerprint density at radius 1 is 1.53 bits per heavy atom. The second-order valence-corrected chi connectivity index (χ2v) is 5.34. The van der Waals surface area contributed by atoms with Crippen molar-refractivity contribution in [3.8, 4) is 0 Å². The average Bonchev–Trinajstić information content (AvgIpc) is 2.87. The normalized spacial score (nSPS) is 12.2. The minimum atomic E-state index is -0.144. The van der Waals surface area contributed by atoms with Crippen LogP contribution in [0.4, 0.5) is 4.79 Å². The first kappa shape index (κ1) is 15.9. The molecule has 0 aliphatic carbocycles. The van der Waals surface area contributed by atoms with Gasteiger partial charge in [-0.05, 0) is 19.8 Å². The lowest BCUT2D eigenvalue weighted by Crippen LogP contribution is -2.42. The van der Waals surface area contributed by atoms with Crippen molar-refractivity contribution < 1.29 is 9.90 Å². The summed E-state index contributed by atoms with van der Waals surface area (Å²) in [6.07, 6.45) is 1.79. The van der Waals surface area contributed by atoms with E-state index in [0.717, 1.165) is 23.5 Å². The lowest BCUT2D eigenvalue weighted by atomic mass is 10.2. The van der Waals surface area contributed by atoms with Crippen LogP contribution in [-0.4, -0.2) is 40.7 Å². The van der Waals surface area contributed by atoms with Gasteiger partial charge in [-0.15, -0.1) is 11.3 Å². The molecule has 108 valence electrons. The summed E-state index contributed by atoms with van der Waals surface area (Å²) in [5.74, 6) is 0. The molecule has 0 aromatic carbocycles. The number of aryl methyl sites for hydroxylation is 1. The van der Waals surface area contributed by atoms with Gasteiger partial charge < -0.3 is 15.3 Å². The van der Waals surface area contributed by atoms with E-state index in [1.165, 1.54) is 0 Å². The highest BCUT2D eigenvalue weighted by Gasteiger charge is 2.17. The number of aliphatic hydroxyl groups excluding tert-OH is 1. The molecule has 0 aliphatic heterocycles. The molecule has 1 aromatic rings. The first-order chi connectivity index (χ1) is 9.12. The minimum absolute atomic E-state index is 0.0154. The van der Waals surface area contributed by atoms with Crippen molar-refractivity contribution in [3.05, 3.63) is 16.1 Å². The molecule has 0 saturated carbocycles. The van der Waals surface area contributed by atoms with Crippen LogP contribution in [0.2, 0.25) is 0 Å². The van der Waals surface area contributed by atoms with Crippen LogP contribution in [0.25, 0.3) is 0 Å². The number of hydrogen-bond acceptors (Lipinski definition) is 4. The van der Waals surface area contributed by atoms with Crippen LogP contribution in [0.5, 0.6) is 0 Å². The van der Waals surface area contributed by atoms with Crippen LogP contribution in [0.15, 0.2) is 5.38 Å². The fourth-order valence-corrected chi connectivity index (χ4v) is 2.58. The molecule has 19 heavy (non-hydrogen) atoms. The molecule has 1 atom stereocenters. The van der Waals surface area contributed by atoms with Crippen molar-refractivity contribution in [1.29, 1.82) is 0 Å². The first-order valence-electron chi connectivity index (χ1n) is 6.72. The Kier molecular flexibility index (Phi) is 6.80. The van der Waals surface area contributed by atoms with E-state index in [1.807, 2.05) is 19.2 Å². The van der Waals surface area contributed by atoms with E-state index in [-0.39, 0.29) is 18.7 Å². The summed E-state index contributed by atoms with van der Waals surface area (Å²) in [4.78, 5) is 18.2. The zero-order chi connectivity index (χ0) is 14.3. The third kappa shape index (κ3) is 4.80. The van der Waals surface area contributed by atoms with Crippen molar-refractivity contribution in [2.75, 3.05) is 19.7 Å². The summed E-state index contributed by atoms with van der Waals surface area (Å²) in [6.45, 7) is 7.00. The van der Waals surface area contributed by atoms with Gasteiger partial charge in [0.2, 0.25) is 0 Å². The van der Waals surface area contributed by atoms with E-state index in [1.54, 1.807) is 16.2 Å². The Morgan fingerprint density at radius 3 is 2.79 bits per heavy atom. The number of nitrogens with zero attached hydrogens (tertiary/aromatic N) is 2. The molecule has 0 radical (unpaired) electrons. The van der Waals surface area contributed by atoms with Crippen LogP contribution < -0.4 is 5.32 Å². The highest BCUT2D eigenvalue weighted by molar-refractivity contribution is 7.09. The Hall–Kier alpha value is -1.14. The number of aliphatic hydroxyl groups is 1. The molecule has 0 spiro atoms. The summed E-state index contributed by atoms with van der Waals surface area (Å²) in [5, 5.41) is 15.0. The second-order valence-electron chi connectivity index (χ2n) is 4.40. The van der Waals surface area contributed by atoms with Crippen LogP contribution in [0.1, 0.15) is 43.9 Å². The molecular weight excluding hydrogens is 262 g/mol. The smallest absolute Gasteiger partial charge is 0.318 e. The summed E-state index contributed by atoms with van der Waals surface area (Å²) >= 11 is 1.62. The lowest BCUT2D eigenvalue weighted by Gasteiger charge is -2.23. The molecular formula is C13H23N3O2S. The first-order valence-corrected chi connectivity index (χ1v) is 7.60. The molecule has 1 unspecified atom stereocenters. The lowest BCUT2D eigenvalue weighted by molar-refractivity contribution is 0.174. The van der Waals surface area contributed by atoms with Gasteiger partial charge in [-0.2, -0.15) is 0 Å². The number of urea groups is 1. The van der Waals surface area contributed by atoms with Gasteiger partial charge >= 0.3 is 6.03 Å². The van der Waals surface area contributed by atoms with E-state index < -0.39 is 0 Å². The maximum Gasteiger partial charge on any atom is 0.318 e. The Bertz CT molecular complexity index is 389. The number of nitrogens with one attached hydrogen (secondary N) is 1. The number of carbonyl (C=O) groups excluding carboxylic acids is 1. The molecule has 1 aromatic heterocycles. The molecule has 2 amide bonds. The quantitative estimate of drug-likeness (QED) is 0.807. The average molecular weight is 285 g/mol. The standard InChI is InChI=1S/C13H23N3O2S/c1-4-6-16(7-8-17)13(18)14-10(3)11-9-19-12(5-2)15-11/h9-10,17H,4-8H2,1-3H3,(H,14,18). The third-order valence-corrected chi connectivity index (χ3v) is 3.82. The fourth-order valence-electron chi connectivity index (χ4n) is 1.74. The minimum Gasteiger partial charge on any atom is -0.395 e. The highest BCUT2D eigenvalue weighted by Crippen LogP contribution is 2.17. The van der Waals surface area contributed by atoms with Crippen LogP contribution in [0, 0.1) is 0 Å². The van der Waals surface area contributed by atoms with E-state index in [4.69, 9.17) is 5.11 Å². The monoisotopic (exact) mass is 285 g/mol. The molecule has 0 bridgehead atoms. The number of aromatic nitrogens is 1. The molecule has 1 rings (SSSR count). The van der Waals surface area contributed by atoms with Gasteiger partial charge in [-0.1, -0.05) is 13.8 Å². The van der Waals surface area contributed by atoms with Crippen LogP contribution in [0.3, 0.4) is 0 Å². The van der Waals surface area contributed by atoms with Gasteiger partial charge in [0, 0.05) is 18.5 Å². The molecule has 2 N–H and O–H groups in total. The number of hydrogen-bond donors (Lipinski definition) is 2. The summed E-state index contributed by atoms with van der Waals surface area (Å²) in [6, 6.07) is -0.253. The van der Waals surface area contributed by atoms with Gasteiger partial charge in [0.15, 0.2) is 0 Å². The summed E-state index contributed by atoms with van der Waals surface area (Å²) < 4.78 is 0. The SMILES string of the molecule is CCCN(CCO)C(=O)NC(C)c1csc(CC)n1. The number of rotatable bonds is 7. The number of amides is 2. The number of carbonyl (C=O) groups is 1. The Balaban J connectivity index is 2.58. The molecule has 5 nitrogen and oxygen atoms in total. The zero-order valence-electron chi connectivity index (χ0n) is 11.8. The topological polar surface area (TPSA) is 65.5 Å². The van der Waals surface area contributed by atoms with E-state index in [9.17, 15) is 4.79 Å². The van der Waals surface area contributed by atoms with Crippen molar-refractivity contribution >= 4 is 17.4 Å². The highest BCUT2D eigenvalue weighted by atomic mass is 32.1. The summed E-state index contributed by atoms with van der Waals surface area (Å²) in [5.41, 5.74) is 0.899. The van der Waals surface area contributed by atoms with Crippen molar-refractivity contribution in [2.24, 2.45) is 0 Å². The fraction of sp³-hybridized carbons (Fsp3) is 0.692. The third-order valence-electron chi connectivity index (χ3n) is 2.81. The predicted octanol–water partition coefficient (Wildman–Crippen LogP) is 2.18. The molecule has 0 aliphatic rings. The Morgan fingerprint density at radius 2 is 2.26 bits per heavy atom. The molecule has 1 heterocycles. The number of thiazole rings is 1. The van der Waals surface area contributed by atoms with Gasteiger partial charge in [0.1, 0.15) is 0 Å². The van der Waals surface area contributed by atoms with E-state index in [0.29, 0.717) is 13.1 Å². The zero-order valence-corrected chi connectivity index (χ0v) is 12.7. The van der Waals surface area contributed by atoms with Gasteiger partial charge in [-0.25, -0.2) is 9.78 Å². The van der Waals surface area contributed by atoms with Crippen molar-refractivity contribution in [3.63, 3.8) is 0 Å². The van der Waals surface area contributed by atoms with Gasteiger partial charge in [-0.3, -0.25) is 0 Å². The largest absolute Gasteiger partial charge is 0.395 e. The molecule has 0 saturated heterocycles. The second kappa shape index (κ2) is 8.12. The summed E-state index contributed by atoms with van der Waals surface area (Å²) in [7, 11) is 0. The van der Waals surface area contributed by atoms with E-state index in [2.05, 4.69) is 17.2 Å². The predicted molar refractivity (Wildman–Crippen MR) is 77.4 cm³/mol. The molecule has 0 fully saturated rings. The molecule has 6 heteroatoms. The van der Waals surface area contributed by atoms with E-state index >= 15 is 0 Å². The van der Waals surface area contributed by atoms with Gasteiger partial charge in [0.25, 0.3) is 0 Å². The van der Waals surface area contributed by atoms with Gasteiger partial charge in [0.05, 0.1) is 23.4 Å². The van der Waals surface area contributed by atoms with Crippen molar-refractivity contribution in [1.82, 2.24) is 15.2 Å².